The number of aliphatic imine (C=N–C) groups is 2. The maximum atomic E-state index is 5.09. The molecule has 2 unspecified atom stereocenters. The summed E-state index contributed by atoms with van der Waals surface area (Å²) in [6, 6.07) is 8.99. The summed E-state index contributed by atoms with van der Waals surface area (Å²) < 4.78 is 0. The number of hydrogen-bond donors (Lipinski definition) is 2. The van der Waals surface area contributed by atoms with Crippen LogP contribution < -0.4 is 10.7 Å². The number of nitrogens with one attached hydrogen (secondary N) is 2. The molecule has 6 aliphatic heterocycles. The van der Waals surface area contributed by atoms with Crippen LogP contribution in [0.25, 0.3) is 16.7 Å². The first-order chi connectivity index (χ1) is 13.9. The number of hydrogen-bond acceptors (Lipinski definition) is 2. The van der Waals surface area contributed by atoms with Crippen molar-refractivity contribution in [2.24, 2.45) is 33.7 Å². The van der Waals surface area contributed by atoms with Gasteiger partial charge in [0.2, 0.25) is 0 Å². The molecule has 1 aliphatic carbocycles. The molecule has 2 aromatic rings. The predicted octanol–water partition coefficient (Wildman–Crippen LogP) is 2.21. The number of nitrogens with zero attached hydrogens (tertiary/aromatic N) is 2. The number of fused-ring (bicyclic) bond motifs is 10. The van der Waals surface area contributed by atoms with Gasteiger partial charge in [-0.15, -0.1) is 0 Å². The molecule has 2 aromatic heterocycles. The topological polar surface area (TPSA) is 56.3 Å². The summed E-state index contributed by atoms with van der Waals surface area (Å²) in [5, 5.41) is 2.49. The van der Waals surface area contributed by atoms with Crippen molar-refractivity contribution in [2.45, 2.75) is 0 Å². The highest BCUT2D eigenvalue weighted by Crippen LogP contribution is 2.66. The average molecular weight is 358 g/mol. The van der Waals surface area contributed by atoms with Crippen LogP contribution in [-0.4, -0.2) is 21.4 Å². The fourth-order valence-electron chi connectivity index (χ4n) is 6.88. The van der Waals surface area contributed by atoms with E-state index in [0.717, 1.165) is 22.8 Å². The Labute approximate surface area is 159 Å². The first-order valence-electron chi connectivity index (χ1n) is 10.0. The average Bonchev–Trinajstić information content (AvgIpc) is 3.43. The van der Waals surface area contributed by atoms with Gasteiger partial charge in [-0.05, 0) is 48.6 Å². The molecular weight excluding hydrogens is 344 g/mol. The maximum absolute atomic E-state index is 5.09. The third-order valence-electron chi connectivity index (χ3n) is 7.80. The van der Waals surface area contributed by atoms with E-state index in [9.17, 15) is 0 Å². The van der Waals surface area contributed by atoms with E-state index < -0.39 is 0 Å². The van der Waals surface area contributed by atoms with E-state index in [-0.39, 0.29) is 0 Å². The second-order valence-electron chi connectivity index (χ2n) is 8.76. The number of allylic oxidation sites excluding steroid dienone is 6. The van der Waals surface area contributed by atoms with Gasteiger partial charge in [0.05, 0.1) is 22.8 Å². The molecule has 8 heterocycles. The molecule has 1 fully saturated rings. The van der Waals surface area contributed by atoms with E-state index in [1.54, 1.807) is 0 Å². The Hall–Kier alpha value is -3.40. The molecule has 0 spiro atoms. The number of aromatic amines is 2. The van der Waals surface area contributed by atoms with E-state index in [4.69, 9.17) is 9.98 Å². The van der Waals surface area contributed by atoms with E-state index >= 15 is 0 Å². The van der Waals surface area contributed by atoms with Crippen LogP contribution in [0.5, 0.6) is 0 Å². The summed E-state index contributed by atoms with van der Waals surface area (Å²) >= 11 is 0. The minimum Gasteiger partial charge on any atom is -0.355 e. The van der Waals surface area contributed by atoms with Crippen molar-refractivity contribution in [1.29, 1.82) is 0 Å². The zero-order chi connectivity index (χ0) is 17.7. The maximum Gasteiger partial charge on any atom is 0.0694 e. The summed E-state index contributed by atoms with van der Waals surface area (Å²) in [6.07, 6.45) is 8.80. The number of H-pyrrole nitrogens is 2. The van der Waals surface area contributed by atoms with Crippen molar-refractivity contribution in [3.63, 3.8) is 0 Å². The molecule has 1 saturated carbocycles. The Balaban J connectivity index is 1.56. The molecule has 0 saturated heterocycles. The lowest BCUT2D eigenvalue weighted by Crippen LogP contribution is -2.51. The fourth-order valence-corrected chi connectivity index (χ4v) is 6.88. The van der Waals surface area contributed by atoms with E-state index in [1.807, 2.05) is 0 Å². The first kappa shape index (κ1) is 12.9. The van der Waals surface area contributed by atoms with Gasteiger partial charge in [-0.2, -0.15) is 0 Å². The van der Waals surface area contributed by atoms with Crippen LogP contribution in [0.1, 0.15) is 11.4 Å². The minimum absolute atomic E-state index is 0.442. The standard InChI is InChI=1S/C24H14N4/c1-2-10-18-12-5-6-15(27-12)20-16-8-7-14(28-16)19-13-4-3-11(26-13)17(9(1)25-10)21-22(18)24(20)23(19)21/h1-8,21-26H/t21?,22-,23+,24?. The van der Waals surface area contributed by atoms with E-state index in [1.165, 1.54) is 44.4 Å². The SMILES string of the molecule is C1=CC2=C3c4ccc([nH]4)C4=c5ccc([nH]5)=C5C6=NC(=C(C1=N2)C1[C@H]3C4[C@H]51)C=C6. The molecular formula is C24H14N4. The second-order valence-corrected chi connectivity index (χ2v) is 8.76. The van der Waals surface area contributed by atoms with Crippen molar-refractivity contribution in [2.75, 3.05) is 0 Å². The minimum atomic E-state index is 0.442. The van der Waals surface area contributed by atoms with Gasteiger partial charge in [-0.1, -0.05) is 0 Å². The van der Waals surface area contributed by atoms with Gasteiger partial charge in [0.15, 0.2) is 0 Å². The molecule has 7 aliphatic rings. The highest BCUT2D eigenvalue weighted by molar-refractivity contribution is 6.29. The van der Waals surface area contributed by atoms with Gasteiger partial charge in [0, 0.05) is 68.1 Å². The largest absolute Gasteiger partial charge is 0.355 e. The highest BCUT2D eigenvalue weighted by Gasteiger charge is 2.62. The lowest BCUT2D eigenvalue weighted by molar-refractivity contribution is 0.147. The van der Waals surface area contributed by atoms with Crippen LogP contribution in [0.2, 0.25) is 0 Å². The molecule has 4 nitrogen and oxygen atoms in total. The first-order valence-corrected chi connectivity index (χ1v) is 10.0. The predicted molar refractivity (Wildman–Crippen MR) is 108 cm³/mol. The molecule has 2 N–H and O–H groups in total. The lowest BCUT2D eigenvalue weighted by Gasteiger charge is -2.54. The third-order valence-corrected chi connectivity index (χ3v) is 7.80. The summed E-state index contributed by atoms with van der Waals surface area (Å²) in [7, 11) is 0. The molecule has 4 atom stereocenters. The molecule has 8 bridgehead atoms. The van der Waals surface area contributed by atoms with Gasteiger partial charge in [-0.3, -0.25) is 0 Å². The van der Waals surface area contributed by atoms with Crippen molar-refractivity contribution in [3.8, 4) is 0 Å². The Kier molecular flexibility index (Phi) is 1.73. The van der Waals surface area contributed by atoms with Crippen LogP contribution in [0.3, 0.4) is 0 Å². The van der Waals surface area contributed by atoms with Crippen LogP contribution in [0, 0.1) is 23.7 Å². The van der Waals surface area contributed by atoms with Crippen molar-refractivity contribution in [3.05, 3.63) is 87.6 Å². The van der Waals surface area contributed by atoms with Crippen LogP contribution >= 0.6 is 0 Å². The zero-order valence-corrected chi connectivity index (χ0v) is 14.8. The quantitative estimate of drug-likeness (QED) is 0.726. The smallest absolute Gasteiger partial charge is 0.0694 e. The normalized spacial score (nSPS) is 33.4. The van der Waals surface area contributed by atoms with Gasteiger partial charge in [-0.25, -0.2) is 9.98 Å². The molecule has 9 rings (SSSR count). The van der Waals surface area contributed by atoms with E-state index in [0.29, 0.717) is 23.7 Å². The third kappa shape index (κ3) is 1.13. The summed E-state index contributed by atoms with van der Waals surface area (Å²) in [6.45, 7) is 0. The summed E-state index contributed by atoms with van der Waals surface area (Å²) in [5.74, 6) is 1.81. The molecule has 0 aromatic carbocycles. The summed E-state index contributed by atoms with van der Waals surface area (Å²) in [5.41, 5.74) is 12.6. The number of aromatic nitrogens is 2. The molecule has 0 amide bonds. The Morgan fingerprint density at radius 1 is 0.536 bits per heavy atom. The number of rotatable bonds is 0. The second kappa shape index (κ2) is 3.76. The van der Waals surface area contributed by atoms with E-state index in [2.05, 4.69) is 58.5 Å². The molecule has 28 heavy (non-hydrogen) atoms. The highest BCUT2D eigenvalue weighted by atomic mass is 14.9. The fraction of sp³-hybridized carbons (Fsp3) is 0.167. The Bertz CT molecular complexity index is 1520. The molecule has 130 valence electrons. The molecule has 4 heteroatoms. The van der Waals surface area contributed by atoms with Gasteiger partial charge in [0.1, 0.15) is 0 Å². The van der Waals surface area contributed by atoms with Gasteiger partial charge in [0.25, 0.3) is 0 Å². The van der Waals surface area contributed by atoms with Crippen LogP contribution in [0.4, 0.5) is 0 Å². The van der Waals surface area contributed by atoms with Crippen LogP contribution in [-0.2, 0) is 0 Å². The Morgan fingerprint density at radius 3 is 1.93 bits per heavy atom. The van der Waals surface area contributed by atoms with Gasteiger partial charge < -0.3 is 9.97 Å². The van der Waals surface area contributed by atoms with Crippen LogP contribution in [0.15, 0.2) is 75.5 Å². The van der Waals surface area contributed by atoms with Crippen molar-refractivity contribution >= 4 is 28.1 Å². The summed E-state index contributed by atoms with van der Waals surface area (Å²) in [4.78, 5) is 17.7. The lowest BCUT2D eigenvalue weighted by atomic mass is 9.47. The monoisotopic (exact) mass is 358 g/mol. The molecule has 0 radical (unpaired) electrons. The van der Waals surface area contributed by atoms with Crippen molar-refractivity contribution in [1.82, 2.24) is 9.97 Å². The Morgan fingerprint density at radius 2 is 1.11 bits per heavy atom. The van der Waals surface area contributed by atoms with Gasteiger partial charge >= 0.3 is 0 Å². The zero-order valence-electron chi connectivity index (χ0n) is 14.8. The van der Waals surface area contributed by atoms with Crippen molar-refractivity contribution < 1.29 is 0 Å².